The lowest BCUT2D eigenvalue weighted by atomic mass is 10.2. The summed E-state index contributed by atoms with van der Waals surface area (Å²) >= 11 is 1.48. The Hall–Kier alpha value is -2.14. The van der Waals surface area contributed by atoms with Crippen molar-refractivity contribution in [2.45, 2.75) is 9.79 Å². The van der Waals surface area contributed by atoms with Gasteiger partial charge in [-0.05, 0) is 47.6 Å². The van der Waals surface area contributed by atoms with Gasteiger partial charge in [-0.15, -0.1) is 4.91 Å². The van der Waals surface area contributed by atoms with Crippen LogP contribution in [0.3, 0.4) is 0 Å². The second kappa shape index (κ2) is 6.34. The number of hydrogen-bond acceptors (Lipinski definition) is 5. The number of carbonyl (C=O) groups excluding carboxylic acids is 1. The van der Waals surface area contributed by atoms with E-state index < -0.39 is 0 Å². The minimum atomic E-state index is 0.263. The summed E-state index contributed by atoms with van der Waals surface area (Å²) in [6, 6.07) is 12.9. The lowest BCUT2D eigenvalue weighted by Gasteiger charge is -2.12. The van der Waals surface area contributed by atoms with E-state index in [-0.39, 0.29) is 5.69 Å². The molecule has 0 aliphatic rings. The first-order valence-electron chi connectivity index (χ1n) is 6.02. The lowest BCUT2D eigenvalue weighted by molar-refractivity contribution is 0.112. The number of benzene rings is 2. The summed E-state index contributed by atoms with van der Waals surface area (Å²) in [6.45, 7) is 0. The molecule has 0 radical (unpaired) electrons. The lowest BCUT2D eigenvalue weighted by Crippen LogP contribution is -2.07. The predicted molar refractivity (Wildman–Crippen MR) is 82.2 cm³/mol. The first-order valence-corrected chi connectivity index (χ1v) is 6.83. The van der Waals surface area contributed by atoms with Crippen molar-refractivity contribution in [3.63, 3.8) is 0 Å². The van der Waals surface area contributed by atoms with Crippen molar-refractivity contribution in [3.05, 3.63) is 52.9 Å². The van der Waals surface area contributed by atoms with Gasteiger partial charge < -0.3 is 4.90 Å². The van der Waals surface area contributed by atoms with E-state index in [1.54, 1.807) is 12.1 Å². The Morgan fingerprint density at radius 2 is 1.80 bits per heavy atom. The summed E-state index contributed by atoms with van der Waals surface area (Å²) in [5, 5.41) is 2.83. The van der Waals surface area contributed by atoms with Gasteiger partial charge in [-0.2, -0.15) is 0 Å². The zero-order valence-electron chi connectivity index (χ0n) is 11.2. The highest BCUT2D eigenvalue weighted by atomic mass is 32.2. The normalized spacial score (nSPS) is 10.1. The molecule has 0 heterocycles. The van der Waals surface area contributed by atoms with Crippen LogP contribution in [0.2, 0.25) is 0 Å². The maximum atomic E-state index is 11.1. The molecule has 2 rings (SSSR count). The fraction of sp³-hybridized carbons (Fsp3) is 0.133. The molecule has 5 heteroatoms. The molecule has 4 nitrogen and oxygen atoms in total. The summed E-state index contributed by atoms with van der Waals surface area (Å²) in [7, 11) is 3.97. The van der Waals surface area contributed by atoms with Gasteiger partial charge in [0, 0.05) is 35.1 Å². The Kier molecular flexibility index (Phi) is 4.53. The summed E-state index contributed by atoms with van der Waals surface area (Å²) in [4.78, 5) is 25.4. The first-order chi connectivity index (χ1) is 9.63. The van der Waals surface area contributed by atoms with Crippen LogP contribution >= 0.6 is 11.8 Å². The second-order valence-corrected chi connectivity index (χ2v) is 5.54. The van der Waals surface area contributed by atoms with Crippen LogP contribution in [0.5, 0.6) is 0 Å². The van der Waals surface area contributed by atoms with Gasteiger partial charge in [-0.25, -0.2) is 0 Å². The van der Waals surface area contributed by atoms with Gasteiger partial charge in [0.1, 0.15) is 5.69 Å². The van der Waals surface area contributed by atoms with Crippen molar-refractivity contribution in [2.75, 3.05) is 19.0 Å². The van der Waals surface area contributed by atoms with E-state index in [0.717, 1.165) is 21.8 Å². The van der Waals surface area contributed by atoms with Crippen LogP contribution in [0.15, 0.2) is 57.4 Å². The van der Waals surface area contributed by atoms with Crippen LogP contribution in [-0.2, 0) is 0 Å². The second-order valence-electron chi connectivity index (χ2n) is 4.42. The van der Waals surface area contributed by atoms with Crippen molar-refractivity contribution < 1.29 is 4.79 Å². The van der Waals surface area contributed by atoms with Crippen molar-refractivity contribution >= 4 is 29.4 Å². The molecule has 0 saturated carbocycles. The molecule has 2 aromatic carbocycles. The molecule has 0 N–H and O–H groups in total. The smallest absolute Gasteiger partial charge is 0.151 e. The predicted octanol–water partition coefficient (Wildman–Crippen LogP) is 4.11. The Morgan fingerprint density at radius 3 is 2.35 bits per heavy atom. The van der Waals surface area contributed by atoms with Gasteiger partial charge in [-0.3, -0.25) is 4.79 Å². The van der Waals surface area contributed by atoms with Gasteiger partial charge in [0.2, 0.25) is 0 Å². The number of rotatable bonds is 5. The largest absolute Gasteiger partial charge is 0.378 e. The summed E-state index contributed by atoms with van der Waals surface area (Å²) in [5.74, 6) is 0. The Bertz CT molecular complexity index is 624. The monoisotopic (exact) mass is 286 g/mol. The topological polar surface area (TPSA) is 49.7 Å². The SMILES string of the molecule is CN(C)c1ccc(Sc2ccc(N=O)cc2C=O)cc1. The van der Waals surface area contributed by atoms with E-state index in [4.69, 9.17) is 0 Å². The molecule has 0 atom stereocenters. The van der Waals surface area contributed by atoms with E-state index in [0.29, 0.717) is 5.56 Å². The van der Waals surface area contributed by atoms with Gasteiger partial charge in [0.15, 0.2) is 6.29 Å². The van der Waals surface area contributed by atoms with E-state index >= 15 is 0 Å². The average molecular weight is 286 g/mol. The molecule has 0 aliphatic heterocycles. The van der Waals surface area contributed by atoms with Crippen molar-refractivity contribution in [1.82, 2.24) is 0 Å². The third-order valence-corrected chi connectivity index (χ3v) is 3.91. The van der Waals surface area contributed by atoms with Gasteiger partial charge in [0.05, 0.1) is 0 Å². The third kappa shape index (κ3) is 3.24. The van der Waals surface area contributed by atoms with Crippen molar-refractivity contribution in [3.8, 4) is 0 Å². The molecule has 2 aromatic rings. The molecular formula is C15H14N2O2S. The van der Waals surface area contributed by atoms with Crippen LogP contribution in [0.1, 0.15) is 10.4 Å². The third-order valence-electron chi connectivity index (χ3n) is 2.81. The molecule has 0 aliphatic carbocycles. The maximum absolute atomic E-state index is 11.1. The maximum Gasteiger partial charge on any atom is 0.151 e. The highest BCUT2D eigenvalue weighted by Gasteiger charge is 2.06. The zero-order valence-corrected chi connectivity index (χ0v) is 12.1. The molecule has 0 aromatic heterocycles. The number of anilines is 1. The zero-order chi connectivity index (χ0) is 14.5. The molecule has 0 bridgehead atoms. The number of nitroso groups, excluding NO2 is 1. The van der Waals surface area contributed by atoms with Crippen LogP contribution < -0.4 is 4.90 Å². The molecule has 0 spiro atoms. The molecule has 102 valence electrons. The van der Waals surface area contributed by atoms with Crippen molar-refractivity contribution in [1.29, 1.82) is 0 Å². The number of nitrogens with zero attached hydrogens (tertiary/aromatic N) is 2. The molecule has 0 unspecified atom stereocenters. The number of aldehydes is 1. The van der Waals surface area contributed by atoms with Gasteiger partial charge in [0.25, 0.3) is 0 Å². The molecular weight excluding hydrogens is 272 g/mol. The quantitative estimate of drug-likeness (QED) is 0.613. The van der Waals surface area contributed by atoms with Crippen LogP contribution in [0.4, 0.5) is 11.4 Å². The fourth-order valence-electron chi connectivity index (χ4n) is 1.72. The molecule has 0 fully saturated rings. The standard InChI is InChI=1S/C15H14N2O2S/c1-17(2)13-4-6-14(7-5-13)20-15-8-3-12(16-19)9-11(15)10-18/h3-10H,1-2H3. The van der Waals surface area contributed by atoms with E-state index in [1.807, 2.05) is 43.3 Å². The minimum absolute atomic E-state index is 0.263. The molecule has 0 saturated heterocycles. The average Bonchev–Trinajstić information content (AvgIpc) is 2.48. The van der Waals surface area contributed by atoms with Crippen LogP contribution in [0.25, 0.3) is 0 Å². The Morgan fingerprint density at radius 1 is 1.10 bits per heavy atom. The fourth-order valence-corrected chi connectivity index (χ4v) is 2.60. The summed E-state index contributed by atoms with van der Waals surface area (Å²) in [6.07, 6.45) is 0.741. The summed E-state index contributed by atoms with van der Waals surface area (Å²) in [5.41, 5.74) is 1.86. The Labute approximate surface area is 121 Å². The van der Waals surface area contributed by atoms with E-state index in [2.05, 4.69) is 5.18 Å². The Balaban J connectivity index is 2.25. The highest BCUT2D eigenvalue weighted by molar-refractivity contribution is 7.99. The first kappa shape index (κ1) is 14.3. The summed E-state index contributed by atoms with van der Waals surface area (Å²) < 4.78 is 0. The highest BCUT2D eigenvalue weighted by Crippen LogP contribution is 2.32. The van der Waals surface area contributed by atoms with Crippen LogP contribution in [0, 0.1) is 4.91 Å². The molecule has 0 amide bonds. The number of carbonyl (C=O) groups is 1. The van der Waals surface area contributed by atoms with Gasteiger partial charge >= 0.3 is 0 Å². The molecule has 20 heavy (non-hydrogen) atoms. The van der Waals surface area contributed by atoms with Crippen LogP contribution in [-0.4, -0.2) is 20.4 Å². The van der Waals surface area contributed by atoms with E-state index in [9.17, 15) is 9.70 Å². The number of hydrogen-bond donors (Lipinski definition) is 0. The van der Waals surface area contributed by atoms with Gasteiger partial charge in [-0.1, -0.05) is 11.8 Å². The van der Waals surface area contributed by atoms with Crippen molar-refractivity contribution in [2.24, 2.45) is 5.18 Å². The van der Waals surface area contributed by atoms with E-state index in [1.165, 1.54) is 17.8 Å². The minimum Gasteiger partial charge on any atom is -0.378 e.